The summed E-state index contributed by atoms with van der Waals surface area (Å²) in [4.78, 5) is 28.3. The number of aromatic nitrogens is 1. The van der Waals surface area contributed by atoms with Gasteiger partial charge < -0.3 is 14.3 Å². The Balaban J connectivity index is 2.24. The number of rotatable bonds is 5. The summed E-state index contributed by atoms with van der Waals surface area (Å²) >= 11 is 0. The van der Waals surface area contributed by atoms with E-state index < -0.39 is 27.3 Å². The number of carbonyl (C=O) groups excluding carboxylic acids is 1. The van der Waals surface area contributed by atoms with Crippen molar-refractivity contribution in [3.63, 3.8) is 0 Å². The molecule has 0 saturated carbocycles. The maximum Gasteiger partial charge on any atom is 0.261 e. The van der Waals surface area contributed by atoms with E-state index in [0.717, 1.165) is 6.26 Å². The number of nitrogens with zero attached hydrogens (tertiary/aromatic N) is 1. The Morgan fingerprint density at radius 2 is 2.04 bits per heavy atom. The van der Waals surface area contributed by atoms with Gasteiger partial charge in [0.05, 0.1) is 17.7 Å². The summed E-state index contributed by atoms with van der Waals surface area (Å²) in [6, 6.07) is 5.81. The van der Waals surface area contributed by atoms with Crippen molar-refractivity contribution in [1.82, 2.24) is 9.88 Å². The fourth-order valence-corrected chi connectivity index (χ4v) is 3.26. The molecule has 2 heterocycles. The molecule has 8 heteroatoms. The number of hydrogen-bond donors (Lipinski definition) is 1. The fourth-order valence-electron chi connectivity index (χ4n) is 2.16. The quantitative estimate of drug-likeness (QED) is 0.881. The van der Waals surface area contributed by atoms with E-state index >= 15 is 0 Å². The molecule has 0 bridgehead atoms. The number of nitrogens with one attached hydrogen (secondary N) is 1. The zero-order valence-corrected chi connectivity index (χ0v) is 13.9. The molecule has 0 aliphatic heterocycles. The molecule has 1 atom stereocenters. The molecule has 0 radical (unpaired) electrons. The summed E-state index contributed by atoms with van der Waals surface area (Å²) in [6.07, 6.45) is 2.58. The van der Waals surface area contributed by atoms with E-state index in [1.807, 2.05) is 0 Å². The van der Waals surface area contributed by atoms with Crippen LogP contribution in [0.25, 0.3) is 11.5 Å². The number of sulfone groups is 1. The van der Waals surface area contributed by atoms with Crippen LogP contribution in [-0.2, 0) is 9.84 Å². The predicted molar refractivity (Wildman–Crippen MR) is 86.0 cm³/mol. The third kappa shape index (κ3) is 4.10. The van der Waals surface area contributed by atoms with Crippen molar-refractivity contribution in [2.24, 2.45) is 0 Å². The molecule has 0 fully saturated rings. The molecule has 0 spiro atoms. The average molecular weight is 338 g/mol. The Morgan fingerprint density at radius 1 is 1.35 bits per heavy atom. The van der Waals surface area contributed by atoms with Gasteiger partial charge in [0, 0.05) is 19.3 Å². The highest BCUT2D eigenvalue weighted by Gasteiger charge is 2.23. The number of pyridine rings is 1. The van der Waals surface area contributed by atoms with E-state index in [1.54, 1.807) is 25.1 Å². The molecule has 1 N–H and O–H groups in total. The second-order valence-corrected chi connectivity index (χ2v) is 7.63. The van der Waals surface area contributed by atoms with Gasteiger partial charge in [0.15, 0.2) is 0 Å². The van der Waals surface area contributed by atoms with Gasteiger partial charge in [-0.25, -0.2) is 8.42 Å². The lowest BCUT2D eigenvalue weighted by molar-refractivity contribution is 0.0755. The first-order valence-electron chi connectivity index (χ1n) is 6.91. The zero-order chi connectivity index (χ0) is 17.2. The van der Waals surface area contributed by atoms with Gasteiger partial charge in [0.1, 0.15) is 21.2 Å². The van der Waals surface area contributed by atoms with Crippen LogP contribution in [0.3, 0.4) is 0 Å². The standard InChI is InChI=1S/C15H18N2O5S/c1-10(9-23(3,20)21)17(2)15(19)11-6-7-12(16-14(11)18)13-5-4-8-22-13/h4-8,10H,9H2,1-3H3,(H,16,18)/t10-/m1/s1. The van der Waals surface area contributed by atoms with Gasteiger partial charge in [0.2, 0.25) is 0 Å². The molecular formula is C15H18N2O5S. The molecule has 23 heavy (non-hydrogen) atoms. The van der Waals surface area contributed by atoms with Crippen LogP contribution in [-0.4, -0.2) is 49.3 Å². The van der Waals surface area contributed by atoms with Crippen molar-refractivity contribution in [2.75, 3.05) is 19.1 Å². The Morgan fingerprint density at radius 3 is 2.57 bits per heavy atom. The minimum Gasteiger partial charge on any atom is -0.463 e. The summed E-state index contributed by atoms with van der Waals surface area (Å²) in [5.41, 5.74) is -0.145. The van der Waals surface area contributed by atoms with Crippen molar-refractivity contribution in [2.45, 2.75) is 13.0 Å². The minimum absolute atomic E-state index is 0.0526. The molecule has 2 aromatic heterocycles. The van der Waals surface area contributed by atoms with E-state index in [2.05, 4.69) is 4.98 Å². The van der Waals surface area contributed by atoms with Crippen LogP contribution in [0.1, 0.15) is 17.3 Å². The van der Waals surface area contributed by atoms with Gasteiger partial charge in [0.25, 0.3) is 11.5 Å². The summed E-state index contributed by atoms with van der Waals surface area (Å²) in [6.45, 7) is 1.62. The van der Waals surface area contributed by atoms with E-state index in [9.17, 15) is 18.0 Å². The molecule has 0 aliphatic carbocycles. The van der Waals surface area contributed by atoms with Crippen LogP contribution in [0.2, 0.25) is 0 Å². The van der Waals surface area contributed by atoms with E-state index in [-0.39, 0.29) is 11.3 Å². The second-order valence-electron chi connectivity index (χ2n) is 5.45. The molecule has 7 nitrogen and oxygen atoms in total. The van der Waals surface area contributed by atoms with E-state index in [0.29, 0.717) is 11.5 Å². The van der Waals surface area contributed by atoms with Crippen LogP contribution in [0.5, 0.6) is 0 Å². The number of carbonyl (C=O) groups is 1. The van der Waals surface area contributed by atoms with Crippen molar-refractivity contribution < 1.29 is 17.6 Å². The normalized spacial score (nSPS) is 12.8. The van der Waals surface area contributed by atoms with Gasteiger partial charge in [-0.15, -0.1) is 0 Å². The summed E-state index contributed by atoms with van der Waals surface area (Å²) in [5, 5.41) is 0. The Hall–Kier alpha value is -2.35. The number of H-pyrrole nitrogens is 1. The maximum atomic E-state index is 12.4. The van der Waals surface area contributed by atoms with Gasteiger partial charge in [-0.2, -0.15) is 0 Å². The summed E-state index contributed by atoms with van der Waals surface area (Å²) in [7, 11) is -1.75. The fraction of sp³-hybridized carbons (Fsp3) is 0.333. The largest absolute Gasteiger partial charge is 0.463 e. The third-order valence-electron chi connectivity index (χ3n) is 3.45. The van der Waals surface area contributed by atoms with Gasteiger partial charge in [-0.05, 0) is 31.2 Å². The number of aromatic amines is 1. The molecule has 0 aromatic carbocycles. The van der Waals surface area contributed by atoms with E-state index in [4.69, 9.17) is 4.42 Å². The molecule has 2 aromatic rings. The SMILES string of the molecule is C[C@H](CS(C)(=O)=O)N(C)C(=O)c1ccc(-c2ccco2)[nH]c1=O. The van der Waals surface area contributed by atoms with Crippen molar-refractivity contribution in [3.8, 4) is 11.5 Å². The lowest BCUT2D eigenvalue weighted by Gasteiger charge is -2.24. The second kappa shape index (κ2) is 6.41. The first kappa shape index (κ1) is 17.0. The molecule has 124 valence electrons. The smallest absolute Gasteiger partial charge is 0.261 e. The van der Waals surface area contributed by atoms with Crippen molar-refractivity contribution >= 4 is 15.7 Å². The first-order valence-corrected chi connectivity index (χ1v) is 8.97. The predicted octanol–water partition coefficient (Wildman–Crippen LogP) is 1.14. The summed E-state index contributed by atoms with van der Waals surface area (Å²) < 4.78 is 27.8. The first-order chi connectivity index (χ1) is 10.7. The molecule has 0 unspecified atom stereocenters. The highest BCUT2D eigenvalue weighted by molar-refractivity contribution is 7.90. The van der Waals surface area contributed by atoms with Gasteiger partial charge >= 0.3 is 0 Å². The van der Waals surface area contributed by atoms with Crippen molar-refractivity contribution in [3.05, 3.63) is 46.4 Å². The molecule has 1 amide bonds. The van der Waals surface area contributed by atoms with Crippen LogP contribution in [0.4, 0.5) is 0 Å². The van der Waals surface area contributed by atoms with Crippen LogP contribution >= 0.6 is 0 Å². The number of hydrogen-bond acceptors (Lipinski definition) is 5. The minimum atomic E-state index is -3.22. The van der Waals surface area contributed by atoms with Crippen LogP contribution < -0.4 is 5.56 Å². The molecule has 0 aliphatic rings. The van der Waals surface area contributed by atoms with Crippen molar-refractivity contribution in [1.29, 1.82) is 0 Å². The molecule has 2 rings (SSSR count). The molecule has 0 saturated heterocycles. The monoisotopic (exact) mass is 338 g/mol. The summed E-state index contributed by atoms with van der Waals surface area (Å²) in [5.74, 6) is -0.217. The van der Waals surface area contributed by atoms with Gasteiger partial charge in [-0.1, -0.05) is 0 Å². The highest BCUT2D eigenvalue weighted by atomic mass is 32.2. The Kier molecular flexibility index (Phi) is 4.74. The maximum absolute atomic E-state index is 12.4. The Bertz CT molecular complexity index is 852. The van der Waals surface area contributed by atoms with Crippen LogP contribution in [0, 0.1) is 0 Å². The Labute approximate surface area is 133 Å². The number of furan rings is 1. The topological polar surface area (TPSA) is 100 Å². The number of amides is 1. The van der Waals surface area contributed by atoms with E-state index in [1.165, 1.54) is 24.3 Å². The third-order valence-corrected chi connectivity index (χ3v) is 4.54. The lowest BCUT2D eigenvalue weighted by atomic mass is 10.2. The zero-order valence-electron chi connectivity index (χ0n) is 13.1. The average Bonchev–Trinajstić information content (AvgIpc) is 2.98. The van der Waals surface area contributed by atoms with Crippen LogP contribution in [0.15, 0.2) is 39.7 Å². The molecular weight excluding hydrogens is 320 g/mol. The lowest BCUT2D eigenvalue weighted by Crippen LogP contribution is -2.41. The van der Waals surface area contributed by atoms with Gasteiger partial charge in [-0.3, -0.25) is 9.59 Å². The highest BCUT2D eigenvalue weighted by Crippen LogP contribution is 2.16.